The van der Waals surface area contributed by atoms with E-state index in [1.54, 1.807) is 19.3 Å². The number of rotatable bonds is 12. The molecular weight excluding hydrogens is 454 g/mol. The van der Waals surface area contributed by atoms with Crippen molar-refractivity contribution in [3.05, 3.63) is 72.4 Å². The van der Waals surface area contributed by atoms with Crippen molar-refractivity contribution >= 4 is 11.7 Å². The van der Waals surface area contributed by atoms with E-state index in [0.29, 0.717) is 32.7 Å². The fourth-order valence-electron chi connectivity index (χ4n) is 4.61. The van der Waals surface area contributed by atoms with Gasteiger partial charge in [0.25, 0.3) is 0 Å². The van der Waals surface area contributed by atoms with Crippen molar-refractivity contribution in [2.24, 2.45) is 0 Å². The molecule has 1 aliphatic heterocycles. The number of aromatic amines is 1. The molecule has 0 bridgehead atoms. The first-order valence-electron chi connectivity index (χ1n) is 12.7. The van der Waals surface area contributed by atoms with Crippen molar-refractivity contribution in [1.82, 2.24) is 25.2 Å². The average Bonchev–Trinajstić information content (AvgIpc) is 3.40. The number of carbonyl (C=O) groups is 2. The fraction of sp³-hybridized carbons (Fsp3) is 0.429. The highest BCUT2D eigenvalue weighted by Gasteiger charge is 2.31. The zero-order chi connectivity index (χ0) is 25.2. The predicted octanol–water partition coefficient (Wildman–Crippen LogP) is 4.24. The molecule has 1 aliphatic rings. The van der Waals surface area contributed by atoms with Crippen LogP contribution in [-0.4, -0.2) is 57.8 Å². The van der Waals surface area contributed by atoms with Gasteiger partial charge in [-0.25, -0.2) is 4.98 Å². The van der Waals surface area contributed by atoms with Crippen molar-refractivity contribution in [3.63, 3.8) is 0 Å². The quantitative estimate of drug-likeness (QED) is 0.369. The molecule has 3 aromatic rings. The van der Waals surface area contributed by atoms with E-state index in [1.807, 2.05) is 48.7 Å². The van der Waals surface area contributed by atoms with Crippen LogP contribution in [0.4, 0.5) is 0 Å². The second-order valence-corrected chi connectivity index (χ2v) is 9.25. The Balaban J connectivity index is 1.53. The molecule has 2 atom stereocenters. The largest absolute Gasteiger partial charge is 0.379 e. The number of ketones is 1. The van der Waals surface area contributed by atoms with Gasteiger partial charge in [-0.1, -0.05) is 49.2 Å². The molecule has 3 heterocycles. The summed E-state index contributed by atoms with van der Waals surface area (Å²) in [7, 11) is 0. The van der Waals surface area contributed by atoms with Gasteiger partial charge in [-0.15, -0.1) is 0 Å². The van der Waals surface area contributed by atoms with E-state index in [0.717, 1.165) is 48.3 Å². The van der Waals surface area contributed by atoms with Crippen LogP contribution in [0.5, 0.6) is 0 Å². The van der Waals surface area contributed by atoms with Crippen molar-refractivity contribution in [2.75, 3.05) is 26.3 Å². The van der Waals surface area contributed by atoms with E-state index in [-0.39, 0.29) is 17.7 Å². The van der Waals surface area contributed by atoms with Gasteiger partial charge in [0, 0.05) is 31.9 Å². The molecule has 0 aliphatic carbocycles. The number of imidazole rings is 1. The topological polar surface area (TPSA) is 100 Å². The molecule has 4 rings (SSSR count). The number of nitrogens with one attached hydrogen (secondary N) is 2. The fourth-order valence-corrected chi connectivity index (χ4v) is 4.61. The van der Waals surface area contributed by atoms with Crippen molar-refractivity contribution in [3.8, 4) is 11.3 Å². The molecule has 1 aromatic carbocycles. The molecule has 1 fully saturated rings. The summed E-state index contributed by atoms with van der Waals surface area (Å²) in [6.45, 7) is 4.19. The van der Waals surface area contributed by atoms with Crippen LogP contribution in [0.3, 0.4) is 0 Å². The first-order chi connectivity index (χ1) is 17.6. The third-order valence-corrected chi connectivity index (χ3v) is 6.51. The monoisotopic (exact) mass is 489 g/mol. The Morgan fingerprint density at radius 2 is 1.86 bits per heavy atom. The summed E-state index contributed by atoms with van der Waals surface area (Å²) in [6.07, 6.45) is 9.29. The summed E-state index contributed by atoms with van der Waals surface area (Å²) >= 11 is 0. The molecule has 0 saturated carbocycles. The number of Topliss-reactive ketones (excluding diaryl/α,β-unsaturated/α-hetero) is 1. The number of aromatic nitrogens is 3. The normalized spacial score (nSPS) is 15.8. The first-order valence-corrected chi connectivity index (χ1v) is 12.7. The second kappa shape index (κ2) is 13.1. The number of H-pyrrole nitrogens is 1. The van der Waals surface area contributed by atoms with Gasteiger partial charge in [0.2, 0.25) is 5.91 Å². The van der Waals surface area contributed by atoms with Crippen LogP contribution in [0.25, 0.3) is 11.3 Å². The molecule has 0 spiro atoms. The van der Waals surface area contributed by atoms with Gasteiger partial charge in [0.15, 0.2) is 0 Å². The molecule has 1 amide bonds. The molecule has 190 valence electrons. The highest BCUT2D eigenvalue weighted by Crippen LogP contribution is 2.26. The van der Waals surface area contributed by atoms with Crippen LogP contribution in [0.15, 0.2) is 61.1 Å². The lowest BCUT2D eigenvalue weighted by Crippen LogP contribution is -2.46. The Bertz CT molecular complexity index is 1100. The minimum absolute atomic E-state index is 0.0729. The molecule has 1 unspecified atom stereocenters. The molecule has 1 saturated heterocycles. The van der Waals surface area contributed by atoms with Crippen LogP contribution in [0.2, 0.25) is 0 Å². The van der Waals surface area contributed by atoms with Gasteiger partial charge in [0.05, 0.1) is 31.1 Å². The number of nitrogens with zero attached hydrogens (tertiary/aromatic N) is 3. The van der Waals surface area contributed by atoms with Gasteiger partial charge < -0.3 is 19.8 Å². The first kappa shape index (κ1) is 25.7. The van der Waals surface area contributed by atoms with Crippen molar-refractivity contribution in [2.45, 2.75) is 51.1 Å². The van der Waals surface area contributed by atoms with Crippen LogP contribution in [0, 0.1) is 0 Å². The number of ether oxygens (including phenoxy) is 1. The van der Waals surface area contributed by atoms with Crippen LogP contribution < -0.4 is 5.32 Å². The Morgan fingerprint density at radius 1 is 1.06 bits per heavy atom. The number of pyridine rings is 1. The van der Waals surface area contributed by atoms with Crippen LogP contribution in [0.1, 0.15) is 62.5 Å². The molecule has 0 radical (unpaired) electrons. The number of hydrogen-bond donors (Lipinski definition) is 2. The lowest BCUT2D eigenvalue weighted by molar-refractivity contribution is -0.129. The van der Waals surface area contributed by atoms with Gasteiger partial charge in [-0.05, 0) is 37.0 Å². The van der Waals surface area contributed by atoms with Gasteiger partial charge in [-0.3, -0.25) is 14.7 Å². The summed E-state index contributed by atoms with van der Waals surface area (Å²) in [6, 6.07) is 13.1. The van der Waals surface area contributed by atoms with Crippen LogP contribution in [-0.2, 0) is 14.3 Å². The number of amides is 1. The van der Waals surface area contributed by atoms with Crippen molar-refractivity contribution < 1.29 is 14.3 Å². The minimum Gasteiger partial charge on any atom is -0.379 e. The number of benzene rings is 1. The van der Waals surface area contributed by atoms with E-state index in [9.17, 15) is 9.59 Å². The Morgan fingerprint density at radius 3 is 2.58 bits per heavy atom. The molecule has 8 nitrogen and oxygen atoms in total. The van der Waals surface area contributed by atoms with Crippen molar-refractivity contribution in [1.29, 1.82) is 0 Å². The third-order valence-electron chi connectivity index (χ3n) is 6.51. The summed E-state index contributed by atoms with van der Waals surface area (Å²) in [4.78, 5) is 39.6. The summed E-state index contributed by atoms with van der Waals surface area (Å²) < 4.78 is 5.53. The summed E-state index contributed by atoms with van der Waals surface area (Å²) in [5.74, 6) is 0.875. The van der Waals surface area contributed by atoms with Gasteiger partial charge in [-0.2, -0.15) is 0 Å². The third kappa shape index (κ3) is 7.08. The van der Waals surface area contributed by atoms with Gasteiger partial charge in [0.1, 0.15) is 17.6 Å². The molecule has 2 aromatic heterocycles. The number of carbonyl (C=O) groups excluding carboxylic acids is 2. The smallest absolute Gasteiger partial charge is 0.242 e. The molecule has 2 N–H and O–H groups in total. The lowest BCUT2D eigenvalue weighted by atomic mass is 10.0. The number of unbranched alkanes of at least 4 members (excludes halogenated alkanes) is 2. The highest BCUT2D eigenvalue weighted by atomic mass is 16.5. The number of hydrogen-bond acceptors (Lipinski definition) is 6. The SMILES string of the molecule is CC(=O)CCCCC[C@H](NC(=O)C(c1cccnc1)N1CCOCC1)c1ncc(-c2ccccc2)[nH]1. The maximum Gasteiger partial charge on any atom is 0.242 e. The second-order valence-electron chi connectivity index (χ2n) is 9.25. The molecule has 8 heteroatoms. The maximum atomic E-state index is 13.8. The zero-order valence-electron chi connectivity index (χ0n) is 20.9. The molecule has 36 heavy (non-hydrogen) atoms. The molecular formula is C28H35N5O3. The van der Waals surface area contributed by atoms with E-state index >= 15 is 0 Å². The Kier molecular flexibility index (Phi) is 9.35. The lowest BCUT2D eigenvalue weighted by Gasteiger charge is -2.34. The maximum absolute atomic E-state index is 13.8. The van der Waals surface area contributed by atoms with E-state index in [4.69, 9.17) is 4.74 Å². The Labute approximate surface area is 212 Å². The average molecular weight is 490 g/mol. The minimum atomic E-state index is -0.452. The predicted molar refractivity (Wildman–Crippen MR) is 138 cm³/mol. The zero-order valence-corrected chi connectivity index (χ0v) is 20.9. The summed E-state index contributed by atoms with van der Waals surface area (Å²) in [5, 5.41) is 3.28. The van der Waals surface area contributed by atoms with E-state index < -0.39 is 6.04 Å². The highest BCUT2D eigenvalue weighted by molar-refractivity contribution is 5.83. The standard InChI is InChI=1S/C28H35N5O3/c1-21(34)9-4-2-7-13-24(27-30-20-25(31-27)22-10-5-3-6-11-22)32-28(35)26(23-12-8-14-29-19-23)33-15-17-36-18-16-33/h3,5-6,8,10-12,14,19-20,24,26H,2,4,7,9,13,15-18H2,1H3,(H,30,31)(H,32,35)/t24-,26?/m0/s1. The van der Waals surface area contributed by atoms with E-state index in [1.165, 1.54) is 0 Å². The Hall–Kier alpha value is -3.36. The summed E-state index contributed by atoms with van der Waals surface area (Å²) in [5.41, 5.74) is 2.82. The van der Waals surface area contributed by atoms with Crippen LogP contribution >= 0.6 is 0 Å². The number of morpholine rings is 1. The van der Waals surface area contributed by atoms with Gasteiger partial charge >= 0.3 is 0 Å². The van der Waals surface area contributed by atoms with E-state index in [2.05, 4.69) is 25.2 Å².